The van der Waals surface area contributed by atoms with E-state index in [1.165, 1.54) is 12.1 Å². The van der Waals surface area contributed by atoms with Crippen molar-refractivity contribution in [1.29, 1.82) is 0 Å². The first-order valence-corrected chi connectivity index (χ1v) is 6.39. The molecule has 94 valence electrons. The summed E-state index contributed by atoms with van der Waals surface area (Å²) in [6, 6.07) is 4.26. The molecule has 0 aliphatic heterocycles. The van der Waals surface area contributed by atoms with Crippen LogP contribution in [0.4, 0.5) is 10.1 Å². The monoisotopic (exact) mass is 350 g/mol. The first-order chi connectivity index (χ1) is 7.78. The van der Waals surface area contributed by atoms with E-state index in [-0.39, 0.29) is 17.3 Å². The Hall–Kier alpha value is -0.690. The van der Waals surface area contributed by atoms with Gasteiger partial charge < -0.3 is 11.1 Å². The molecule has 0 saturated heterocycles. The highest BCUT2D eigenvalue weighted by atomic mass is 127. The minimum atomic E-state index is -0.354. The van der Waals surface area contributed by atoms with Crippen LogP contribution in [0, 0.1) is 9.39 Å². The molecule has 1 rings (SSSR count). The van der Waals surface area contributed by atoms with Gasteiger partial charge in [0.15, 0.2) is 0 Å². The minimum absolute atomic E-state index is 0.104. The molecule has 17 heavy (non-hydrogen) atoms. The van der Waals surface area contributed by atoms with Crippen LogP contribution in [0.3, 0.4) is 0 Å². The van der Waals surface area contributed by atoms with Crippen molar-refractivity contribution in [2.45, 2.75) is 32.2 Å². The molecule has 0 aliphatic carbocycles. The molecule has 5 heteroatoms. The van der Waals surface area contributed by atoms with E-state index in [0.717, 1.165) is 0 Å². The number of carbonyl (C=O) groups excluding carboxylic acids is 1. The zero-order valence-electron chi connectivity index (χ0n) is 9.89. The molecular formula is C12H16FIN2O. The minimum Gasteiger partial charge on any atom is -0.326 e. The Morgan fingerprint density at radius 3 is 2.71 bits per heavy atom. The van der Waals surface area contributed by atoms with Gasteiger partial charge in [-0.15, -0.1) is 0 Å². The van der Waals surface area contributed by atoms with Crippen molar-refractivity contribution < 1.29 is 9.18 Å². The molecule has 1 amide bonds. The Balaban J connectivity index is 2.57. The number of nitrogens with one attached hydrogen (secondary N) is 1. The summed E-state index contributed by atoms with van der Waals surface area (Å²) in [6.45, 7) is 3.75. The predicted molar refractivity (Wildman–Crippen MR) is 75.2 cm³/mol. The average molecular weight is 350 g/mol. The molecule has 0 aliphatic rings. The van der Waals surface area contributed by atoms with E-state index < -0.39 is 0 Å². The van der Waals surface area contributed by atoms with Crippen LogP contribution in [-0.4, -0.2) is 11.4 Å². The number of amides is 1. The van der Waals surface area contributed by atoms with E-state index in [9.17, 15) is 9.18 Å². The maximum Gasteiger partial charge on any atom is 0.224 e. The maximum absolute atomic E-state index is 12.9. The lowest BCUT2D eigenvalue weighted by molar-refractivity contribution is -0.116. The van der Waals surface area contributed by atoms with E-state index in [1.54, 1.807) is 6.07 Å². The number of rotatable bonds is 4. The zero-order chi connectivity index (χ0) is 13.1. The molecule has 0 saturated carbocycles. The number of anilines is 1. The summed E-state index contributed by atoms with van der Waals surface area (Å²) in [7, 11) is 0. The molecule has 0 unspecified atom stereocenters. The first-order valence-electron chi connectivity index (χ1n) is 5.32. The predicted octanol–water partition coefficient (Wildman–Crippen LogP) is 2.89. The van der Waals surface area contributed by atoms with Gasteiger partial charge in [-0.05, 0) is 61.1 Å². The second kappa shape index (κ2) is 5.77. The topological polar surface area (TPSA) is 55.1 Å². The summed E-state index contributed by atoms with van der Waals surface area (Å²) in [6.07, 6.45) is 0.966. The molecule has 0 fully saturated rings. The van der Waals surface area contributed by atoms with Crippen molar-refractivity contribution in [2.24, 2.45) is 5.73 Å². The van der Waals surface area contributed by atoms with Crippen LogP contribution < -0.4 is 11.1 Å². The standard InChI is InChI=1S/C12H16FIN2O/c1-12(2,15)6-5-11(17)16-10-4-3-8(13)7-9(10)14/h3-4,7H,5-6,15H2,1-2H3,(H,16,17). The van der Waals surface area contributed by atoms with Gasteiger partial charge in [0.2, 0.25) is 5.91 Å². The van der Waals surface area contributed by atoms with E-state index in [0.29, 0.717) is 22.1 Å². The summed E-state index contributed by atoms with van der Waals surface area (Å²) >= 11 is 1.98. The molecule has 0 radical (unpaired) electrons. The van der Waals surface area contributed by atoms with Gasteiger partial charge >= 0.3 is 0 Å². The van der Waals surface area contributed by atoms with Gasteiger partial charge in [-0.3, -0.25) is 4.79 Å². The average Bonchev–Trinajstić information content (AvgIpc) is 2.18. The van der Waals surface area contributed by atoms with Crippen molar-refractivity contribution in [2.75, 3.05) is 5.32 Å². The van der Waals surface area contributed by atoms with Crippen LogP contribution >= 0.6 is 22.6 Å². The van der Waals surface area contributed by atoms with Gasteiger partial charge in [-0.1, -0.05) is 0 Å². The molecule has 0 bridgehead atoms. The lowest BCUT2D eigenvalue weighted by Gasteiger charge is -2.17. The van der Waals surface area contributed by atoms with Crippen LogP contribution in [0.25, 0.3) is 0 Å². The third-order valence-electron chi connectivity index (χ3n) is 2.20. The SMILES string of the molecule is CC(C)(N)CCC(=O)Nc1ccc(F)cc1I. The molecule has 1 aromatic carbocycles. The van der Waals surface area contributed by atoms with E-state index in [2.05, 4.69) is 5.32 Å². The molecule has 1 aromatic rings. The molecular weight excluding hydrogens is 334 g/mol. The fraction of sp³-hybridized carbons (Fsp3) is 0.417. The lowest BCUT2D eigenvalue weighted by atomic mass is 10.00. The number of hydrogen-bond donors (Lipinski definition) is 2. The quantitative estimate of drug-likeness (QED) is 0.821. The van der Waals surface area contributed by atoms with Crippen molar-refractivity contribution in [3.8, 4) is 0 Å². The molecule has 0 heterocycles. The van der Waals surface area contributed by atoms with E-state index in [4.69, 9.17) is 5.73 Å². The van der Waals surface area contributed by atoms with Crippen LogP contribution in [-0.2, 0) is 4.79 Å². The van der Waals surface area contributed by atoms with Crippen LogP contribution in [0.1, 0.15) is 26.7 Å². The number of halogens is 2. The van der Waals surface area contributed by atoms with Crippen LogP contribution in [0.5, 0.6) is 0 Å². The second-order valence-electron chi connectivity index (χ2n) is 4.66. The van der Waals surface area contributed by atoms with Gasteiger partial charge in [0.05, 0.1) is 5.69 Å². The first kappa shape index (κ1) is 14.4. The number of benzene rings is 1. The van der Waals surface area contributed by atoms with E-state index >= 15 is 0 Å². The van der Waals surface area contributed by atoms with Gasteiger partial charge in [-0.25, -0.2) is 4.39 Å². The van der Waals surface area contributed by atoms with Crippen molar-refractivity contribution in [1.82, 2.24) is 0 Å². The third-order valence-corrected chi connectivity index (χ3v) is 3.09. The maximum atomic E-state index is 12.9. The highest BCUT2D eigenvalue weighted by Gasteiger charge is 2.14. The van der Waals surface area contributed by atoms with Crippen LogP contribution in [0.2, 0.25) is 0 Å². The smallest absolute Gasteiger partial charge is 0.224 e. The highest BCUT2D eigenvalue weighted by Crippen LogP contribution is 2.19. The summed E-state index contributed by atoms with van der Waals surface area (Å²) in [5.74, 6) is -0.413. The van der Waals surface area contributed by atoms with Crippen molar-refractivity contribution in [3.63, 3.8) is 0 Å². The second-order valence-corrected chi connectivity index (χ2v) is 5.82. The fourth-order valence-electron chi connectivity index (χ4n) is 1.24. The summed E-state index contributed by atoms with van der Waals surface area (Å²) in [5.41, 5.74) is 6.07. The largest absolute Gasteiger partial charge is 0.326 e. The van der Waals surface area contributed by atoms with Crippen molar-refractivity contribution >= 4 is 34.2 Å². The van der Waals surface area contributed by atoms with Gasteiger partial charge in [0, 0.05) is 15.5 Å². The number of nitrogens with two attached hydrogens (primary N) is 1. The lowest BCUT2D eigenvalue weighted by Crippen LogP contribution is -2.33. The summed E-state index contributed by atoms with van der Waals surface area (Å²) in [5, 5.41) is 2.74. The normalized spacial score (nSPS) is 11.4. The van der Waals surface area contributed by atoms with Gasteiger partial charge in [-0.2, -0.15) is 0 Å². The van der Waals surface area contributed by atoms with Crippen molar-refractivity contribution in [3.05, 3.63) is 27.6 Å². The highest BCUT2D eigenvalue weighted by molar-refractivity contribution is 14.1. The molecule has 0 aromatic heterocycles. The fourth-order valence-corrected chi connectivity index (χ4v) is 1.85. The Kier molecular flexibility index (Phi) is 4.88. The molecule has 3 nitrogen and oxygen atoms in total. The summed E-state index contributed by atoms with van der Waals surface area (Å²) in [4.78, 5) is 11.6. The number of carbonyl (C=O) groups is 1. The van der Waals surface area contributed by atoms with Crippen LogP contribution in [0.15, 0.2) is 18.2 Å². The van der Waals surface area contributed by atoms with Gasteiger partial charge in [0.1, 0.15) is 5.82 Å². The Labute approximate surface area is 114 Å². The Morgan fingerprint density at radius 1 is 1.53 bits per heavy atom. The number of hydrogen-bond acceptors (Lipinski definition) is 2. The Morgan fingerprint density at radius 2 is 2.18 bits per heavy atom. The molecule has 0 spiro atoms. The summed E-state index contributed by atoms with van der Waals surface area (Å²) < 4.78 is 13.5. The third kappa shape index (κ3) is 5.45. The molecule has 0 atom stereocenters. The van der Waals surface area contributed by atoms with E-state index in [1.807, 2.05) is 36.4 Å². The zero-order valence-corrected chi connectivity index (χ0v) is 12.0. The molecule has 3 N–H and O–H groups in total. The Bertz CT molecular complexity index is 415. The van der Waals surface area contributed by atoms with Gasteiger partial charge in [0.25, 0.3) is 0 Å².